The zero-order valence-corrected chi connectivity index (χ0v) is 52.5. The molecule has 78 heavy (non-hydrogen) atoms. The van der Waals surface area contributed by atoms with E-state index in [-0.39, 0.29) is 24.9 Å². The molecule has 1 N–H and O–H groups in total. The third-order valence-corrected chi connectivity index (χ3v) is 15.0. The van der Waals surface area contributed by atoms with Crippen molar-refractivity contribution in [3.8, 4) is 0 Å². The van der Waals surface area contributed by atoms with Crippen LogP contribution in [0.3, 0.4) is 0 Å². The fraction of sp³-hybridized carbons (Fsp3) is 0.765. The Morgan fingerprint density at radius 2 is 0.821 bits per heavy atom. The quantitative estimate of drug-likeness (QED) is 0.0161. The molecule has 0 saturated carbocycles. The highest BCUT2D eigenvalue weighted by Crippen LogP contribution is 2.38. The van der Waals surface area contributed by atoms with Gasteiger partial charge < -0.3 is 28.5 Å². The monoisotopic (exact) mass is 1110 g/mol. The van der Waals surface area contributed by atoms with Crippen LogP contribution in [0.5, 0.6) is 0 Å². The van der Waals surface area contributed by atoms with Crippen LogP contribution in [-0.2, 0) is 27.9 Å². The maximum atomic E-state index is 13.5. The average Bonchev–Trinajstić information content (AvgIpc) is 3.40. The van der Waals surface area contributed by atoms with Crippen molar-refractivity contribution >= 4 is 19.7 Å². The number of hydrogen-bond acceptors (Lipinski definition) is 7. The zero-order valence-electron chi connectivity index (χ0n) is 51.6. The molecule has 0 fully saturated rings. The molecular weight excluding hydrogens is 988 g/mol. The molecule has 0 aromatic carbocycles. The van der Waals surface area contributed by atoms with Crippen molar-refractivity contribution < 1.29 is 37.3 Å². The second kappa shape index (κ2) is 57.4. The predicted molar refractivity (Wildman–Crippen MR) is 335 cm³/mol. The van der Waals surface area contributed by atoms with Gasteiger partial charge in [-0.25, -0.2) is 0 Å². The molecule has 0 aromatic rings. The maximum absolute atomic E-state index is 13.5. The summed E-state index contributed by atoms with van der Waals surface area (Å²) in [7, 11) is 1.17. The fourth-order valence-electron chi connectivity index (χ4n) is 9.03. The normalized spacial score (nSPS) is 14.2. The van der Waals surface area contributed by atoms with Crippen molar-refractivity contribution in [2.24, 2.45) is 0 Å². The maximum Gasteiger partial charge on any atom is 0.306 e. The Labute approximate surface area is 482 Å². The molecule has 0 saturated heterocycles. The van der Waals surface area contributed by atoms with E-state index < -0.39 is 26.6 Å². The molecule has 0 aliphatic rings. The Hall–Kier alpha value is -2.81. The molecule has 0 aliphatic heterocycles. The van der Waals surface area contributed by atoms with Gasteiger partial charge >= 0.3 is 5.97 Å². The summed E-state index contributed by atoms with van der Waals surface area (Å²) in [4.78, 5) is 40.0. The summed E-state index contributed by atoms with van der Waals surface area (Å²) >= 11 is 0. The van der Waals surface area contributed by atoms with Crippen molar-refractivity contribution in [2.45, 2.75) is 296 Å². The highest BCUT2D eigenvalue weighted by atomic mass is 31.2. The Balaban J connectivity index is 5.17. The first-order valence-corrected chi connectivity index (χ1v) is 33.9. The third-order valence-electron chi connectivity index (χ3n) is 14.1. The van der Waals surface area contributed by atoms with Gasteiger partial charge in [0.1, 0.15) is 19.3 Å². The van der Waals surface area contributed by atoms with E-state index in [9.17, 15) is 19.0 Å². The van der Waals surface area contributed by atoms with E-state index in [1.165, 1.54) is 128 Å². The number of esters is 1. The van der Waals surface area contributed by atoms with Crippen molar-refractivity contribution in [2.75, 3.05) is 40.9 Å². The Morgan fingerprint density at radius 3 is 1.27 bits per heavy atom. The number of phosphoric acid groups is 1. The van der Waals surface area contributed by atoms with Gasteiger partial charge in [0, 0.05) is 12.8 Å². The average molecular weight is 1110 g/mol. The van der Waals surface area contributed by atoms with E-state index in [4.69, 9.17) is 13.8 Å². The van der Waals surface area contributed by atoms with E-state index in [1.54, 1.807) is 0 Å². The number of likely N-dealkylation sites (N-methyl/N-ethyl adjacent to an activating group) is 1. The molecule has 0 aliphatic carbocycles. The zero-order chi connectivity index (χ0) is 57.2. The summed E-state index contributed by atoms with van der Waals surface area (Å²) in [5, 5.41) is 3.02. The van der Waals surface area contributed by atoms with Crippen molar-refractivity contribution in [1.29, 1.82) is 0 Å². The number of quaternary nitrogens is 1. The smallest absolute Gasteiger partial charge is 0.306 e. The Kier molecular flexibility index (Phi) is 55.4. The molecule has 9 nitrogen and oxygen atoms in total. The van der Waals surface area contributed by atoms with Crippen molar-refractivity contribution in [3.05, 3.63) is 85.1 Å². The van der Waals surface area contributed by atoms with Gasteiger partial charge in [-0.1, -0.05) is 254 Å². The van der Waals surface area contributed by atoms with Gasteiger partial charge in [0.2, 0.25) is 5.91 Å². The van der Waals surface area contributed by atoms with Gasteiger partial charge in [0.25, 0.3) is 7.82 Å². The minimum Gasteiger partial charge on any atom is -0.756 e. The largest absolute Gasteiger partial charge is 0.756 e. The first kappa shape index (κ1) is 75.2. The van der Waals surface area contributed by atoms with E-state index in [0.717, 1.165) is 122 Å². The minimum atomic E-state index is -4.71. The van der Waals surface area contributed by atoms with Gasteiger partial charge in [-0.15, -0.1) is 0 Å². The summed E-state index contributed by atoms with van der Waals surface area (Å²) in [5.41, 5.74) is 0. The lowest BCUT2D eigenvalue weighted by molar-refractivity contribution is -0.870. The first-order chi connectivity index (χ1) is 37.9. The van der Waals surface area contributed by atoms with E-state index in [1.807, 2.05) is 33.3 Å². The van der Waals surface area contributed by atoms with E-state index in [2.05, 4.69) is 99.0 Å². The summed E-state index contributed by atoms with van der Waals surface area (Å²) in [5.74, 6) is -0.560. The number of ether oxygens (including phenoxy) is 1. The van der Waals surface area contributed by atoms with Crippen LogP contribution >= 0.6 is 7.82 Å². The highest BCUT2D eigenvalue weighted by Gasteiger charge is 2.27. The number of nitrogens with one attached hydrogen (secondary N) is 1. The lowest BCUT2D eigenvalue weighted by atomic mass is 10.0. The lowest BCUT2D eigenvalue weighted by Gasteiger charge is -2.30. The molecule has 0 spiro atoms. The number of rotatable bonds is 58. The van der Waals surface area contributed by atoms with Crippen LogP contribution in [0.2, 0.25) is 0 Å². The van der Waals surface area contributed by atoms with Crippen LogP contribution < -0.4 is 10.2 Å². The molecule has 0 rings (SSSR count). The van der Waals surface area contributed by atoms with E-state index >= 15 is 0 Å². The molecule has 0 radical (unpaired) electrons. The van der Waals surface area contributed by atoms with Gasteiger partial charge in [-0.05, 0) is 102 Å². The van der Waals surface area contributed by atoms with Crippen molar-refractivity contribution in [3.63, 3.8) is 0 Å². The number of phosphoric ester groups is 1. The summed E-state index contributed by atoms with van der Waals surface area (Å²) in [6.07, 6.45) is 75.5. The van der Waals surface area contributed by atoms with Crippen LogP contribution in [0.1, 0.15) is 284 Å². The molecular formula is C68H123N2O7P. The second-order valence-electron chi connectivity index (χ2n) is 22.9. The third kappa shape index (κ3) is 57.9. The second-order valence-corrected chi connectivity index (χ2v) is 24.3. The number of nitrogens with zero attached hydrogens (tertiary/aromatic N) is 1. The number of carbonyl (C=O) groups excluding carboxylic acids is 2. The molecule has 0 heterocycles. The summed E-state index contributed by atoms with van der Waals surface area (Å²) < 4.78 is 30.3. The van der Waals surface area contributed by atoms with Gasteiger partial charge in [0.05, 0.1) is 33.8 Å². The Bertz CT molecular complexity index is 1610. The van der Waals surface area contributed by atoms with Gasteiger partial charge in [-0.3, -0.25) is 14.2 Å². The molecule has 1 amide bonds. The van der Waals surface area contributed by atoms with Gasteiger partial charge in [0.15, 0.2) is 0 Å². The number of allylic oxidation sites excluding steroid dienone is 13. The lowest BCUT2D eigenvalue weighted by Crippen LogP contribution is -2.47. The summed E-state index contributed by atoms with van der Waals surface area (Å²) in [6.45, 7) is 6.78. The van der Waals surface area contributed by atoms with E-state index in [0.29, 0.717) is 17.4 Å². The topological polar surface area (TPSA) is 114 Å². The SMILES string of the molecule is CCCCC/C=C\C/C=C\C/C=C\C/C=C\CCCCCCCCCCCC(=O)OC(/C=C\CCCCCCCCCCCC)C(COP(=O)([O-])OCC[N+](C)(C)C)NC(=O)CCCCCCCC/C=C/C=C/CCCCC. The number of hydrogen-bond donors (Lipinski definition) is 1. The molecule has 10 heteroatoms. The number of unbranched alkanes of at least 4 members (excludes halogenated alkanes) is 31. The number of amides is 1. The Morgan fingerprint density at radius 1 is 0.462 bits per heavy atom. The van der Waals surface area contributed by atoms with Gasteiger partial charge in [-0.2, -0.15) is 0 Å². The minimum absolute atomic E-state index is 0.0287. The predicted octanol–water partition coefficient (Wildman–Crippen LogP) is 19.5. The highest BCUT2D eigenvalue weighted by molar-refractivity contribution is 7.45. The molecule has 3 unspecified atom stereocenters. The van der Waals surface area contributed by atoms with Crippen LogP contribution in [-0.4, -0.2) is 69.4 Å². The number of carbonyl (C=O) groups is 2. The van der Waals surface area contributed by atoms with Crippen molar-refractivity contribution in [1.82, 2.24) is 5.32 Å². The van der Waals surface area contributed by atoms with Crippen LogP contribution in [0, 0.1) is 0 Å². The molecule has 3 atom stereocenters. The van der Waals surface area contributed by atoms with Crippen LogP contribution in [0.15, 0.2) is 85.1 Å². The first-order valence-electron chi connectivity index (χ1n) is 32.4. The fourth-order valence-corrected chi connectivity index (χ4v) is 9.75. The summed E-state index contributed by atoms with van der Waals surface area (Å²) in [6, 6.07) is -0.901. The van der Waals surface area contributed by atoms with Crippen LogP contribution in [0.4, 0.5) is 0 Å². The molecule has 0 aromatic heterocycles. The standard InChI is InChI=1S/C68H123N2O7P/c1-7-10-13-16-19-22-25-28-30-31-32-33-34-35-36-37-38-39-41-43-46-49-52-55-58-61-68(72)77-66(59-56-53-50-47-44-27-24-21-18-15-12-9-3)65(64-76-78(73,74)75-63-62-70(4,5)6)69-67(71)60-57-54-51-48-45-42-40-29-26-23-20-17-14-11-8-2/h19-20,22-23,26,28-30,32-33,35-36,56,59,65-66H,7-18,21,24-25,27,31,34,37-55,57-58,60-64H2,1-6H3,(H-,69,71,73,74)/b22-19-,23-20+,29-26+,30-28-,33-32-,36-35-,59-56-. The van der Waals surface area contributed by atoms with Crippen LogP contribution in [0.25, 0.3) is 0 Å². The molecule has 452 valence electrons. The molecule has 0 bridgehead atoms.